The first kappa shape index (κ1) is 9.56. The maximum Gasteiger partial charge on any atom is 0.306 e. The summed E-state index contributed by atoms with van der Waals surface area (Å²) >= 11 is 0. The van der Waals surface area contributed by atoms with Crippen LogP contribution in [-0.4, -0.2) is 11.1 Å². The van der Waals surface area contributed by atoms with Gasteiger partial charge in [0, 0.05) is 0 Å². The Kier molecular flexibility index (Phi) is 3.57. The van der Waals surface area contributed by atoms with Crippen molar-refractivity contribution in [3.63, 3.8) is 0 Å². The molecule has 0 spiro atoms. The number of hydrogen-bond acceptors (Lipinski definition) is 1. The molecule has 2 nitrogen and oxygen atoms in total. The molecule has 2 atom stereocenters. The molecular formula is C10H18O2. The van der Waals surface area contributed by atoms with Crippen LogP contribution < -0.4 is 0 Å². The third-order valence-corrected chi connectivity index (χ3v) is 2.86. The van der Waals surface area contributed by atoms with Gasteiger partial charge >= 0.3 is 5.97 Å². The van der Waals surface area contributed by atoms with Crippen molar-refractivity contribution in [1.29, 1.82) is 0 Å². The Labute approximate surface area is 74.0 Å². The summed E-state index contributed by atoms with van der Waals surface area (Å²) in [5.41, 5.74) is 0. The van der Waals surface area contributed by atoms with Crippen LogP contribution in [0.5, 0.6) is 0 Å². The molecule has 0 aromatic carbocycles. The topological polar surface area (TPSA) is 37.3 Å². The summed E-state index contributed by atoms with van der Waals surface area (Å²) in [6.45, 7) is 2.18. The van der Waals surface area contributed by atoms with E-state index in [2.05, 4.69) is 6.92 Å². The third kappa shape index (κ3) is 2.50. The fourth-order valence-corrected chi connectivity index (χ4v) is 2.05. The van der Waals surface area contributed by atoms with Gasteiger partial charge in [-0.3, -0.25) is 4.79 Å². The van der Waals surface area contributed by atoms with Crippen molar-refractivity contribution in [3.8, 4) is 0 Å². The zero-order chi connectivity index (χ0) is 8.97. The Bertz CT molecular complexity index is 154. The minimum absolute atomic E-state index is 0.0353. The molecule has 0 saturated heterocycles. The highest BCUT2D eigenvalue weighted by Crippen LogP contribution is 2.34. The van der Waals surface area contributed by atoms with E-state index < -0.39 is 5.97 Å². The zero-order valence-corrected chi connectivity index (χ0v) is 7.75. The molecule has 0 aromatic heterocycles. The molecule has 1 N–H and O–H groups in total. The number of aliphatic carboxylic acids is 1. The number of hydrogen-bond donors (Lipinski definition) is 1. The van der Waals surface area contributed by atoms with Crippen LogP contribution in [0.15, 0.2) is 0 Å². The van der Waals surface area contributed by atoms with Gasteiger partial charge in [0.25, 0.3) is 0 Å². The monoisotopic (exact) mass is 170 g/mol. The van der Waals surface area contributed by atoms with E-state index >= 15 is 0 Å². The van der Waals surface area contributed by atoms with Crippen LogP contribution in [0.25, 0.3) is 0 Å². The van der Waals surface area contributed by atoms with E-state index in [0.717, 1.165) is 19.3 Å². The van der Waals surface area contributed by atoms with E-state index in [1.54, 1.807) is 0 Å². The largest absolute Gasteiger partial charge is 0.481 e. The highest BCUT2D eigenvalue weighted by Gasteiger charge is 2.28. The average molecular weight is 170 g/mol. The highest BCUT2D eigenvalue weighted by atomic mass is 16.4. The first-order chi connectivity index (χ1) is 5.74. The molecule has 0 bridgehead atoms. The fraction of sp³-hybridized carbons (Fsp3) is 0.900. The molecule has 1 aliphatic carbocycles. The van der Waals surface area contributed by atoms with Crippen molar-refractivity contribution in [2.45, 2.75) is 45.4 Å². The summed E-state index contributed by atoms with van der Waals surface area (Å²) in [4.78, 5) is 10.6. The molecule has 1 saturated carbocycles. The van der Waals surface area contributed by atoms with Crippen molar-refractivity contribution in [3.05, 3.63) is 0 Å². The predicted octanol–water partition coefficient (Wildman–Crippen LogP) is 2.68. The van der Waals surface area contributed by atoms with Crippen LogP contribution >= 0.6 is 0 Å². The summed E-state index contributed by atoms with van der Waals surface area (Å²) in [6, 6.07) is 0. The van der Waals surface area contributed by atoms with Gasteiger partial charge in [-0.15, -0.1) is 0 Å². The summed E-state index contributed by atoms with van der Waals surface area (Å²) in [5, 5.41) is 8.76. The molecule has 0 aromatic rings. The Balaban J connectivity index is 2.21. The molecule has 1 rings (SSSR count). The minimum atomic E-state index is -0.589. The Morgan fingerprint density at radius 2 is 2.25 bits per heavy atom. The van der Waals surface area contributed by atoms with Gasteiger partial charge in [0.2, 0.25) is 0 Å². The van der Waals surface area contributed by atoms with Gasteiger partial charge < -0.3 is 5.11 Å². The Morgan fingerprint density at radius 3 is 2.75 bits per heavy atom. The smallest absolute Gasteiger partial charge is 0.306 e. The van der Waals surface area contributed by atoms with Gasteiger partial charge in [-0.25, -0.2) is 0 Å². The van der Waals surface area contributed by atoms with Gasteiger partial charge in [-0.2, -0.15) is 0 Å². The van der Waals surface area contributed by atoms with Crippen LogP contribution in [0, 0.1) is 11.8 Å². The maximum atomic E-state index is 10.6. The number of carbonyl (C=O) groups is 1. The number of unbranched alkanes of at least 4 members (excludes halogenated alkanes) is 1. The van der Waals surface area contributed by atoms with Crippen molar-refractivity contribution >= 4 is 5.97 Å². The zero-order valence-electron chi connectivity index (χ0n) is 7.75. The van der Waals surface area contributed by atoms with E-state index in [1.165, 1.54) is 19.3 Å². The summed E-state index contributed by atoms with van der Waals surface area (Å²) in [5.74, 6) is 0.0758. The summed E-state index contributed by atoms with van der Waals surface area (Å²) in [7, 11) is 0. The molecule has 2 heteroatoms. The lowest BCUT2D eigenvalue weighted by Gasteiger charge is -2.07. The van der Waals surface area contributed by atoms with Crippen molar-refractivity contribution < 1.29 is 9.90 Å². The van der Waals surface area contributed by atoms with Gasteiger partial charge in [0.1, 0.15) is 0 Å². The highest BCUT2D eigenvalue weighted by molar-refractivity contribution is 5.70. The molecule has 0 aliphatic heterocycles. The lowest BCUT2D eigenvalue weighted by Crippen LogP contribution is -2.09. The molecule has 1 fully saturated rings. The quantitative estimate of drug-likeness (QED) is 0.704. The molecule has 0 amide bonds. The van der Waals surface area contributed by atoms with Crippen molar-refractivity contribution in [1.82, 2.24) is 0 Å². The summed E-state index contributed by atoms with van der Waals surface area (Å²) in [6.07, 6.45) is 6.70. The van der Waals surface area contributed by atoms with E-state index in [0.29, 0.717) is 5.92 Å². The molecular weight excluding hydrogens is 152 g/mol. The SMILES string of the molecule is CCCC[C@H]1CCC(C(=O)O)C1. The van der Waals surface area contributed by atoms with Crippen LogP contribution in [0.4, 0.5) is 0 Å². The van der Waals surface area contributed by atoms with Crippen LogP contribution in [0.3, 0.4) is 0 Å². The standard InChI is InChI=1S/C10H18O2/c1-2-3-4-8-5-6-9(7-8)10(11)12/h8-9H,2-7H2,1H3,(H,11,12)/t8-,9?/m0/s1. The van der Waals surface area contributed by atoms with Gasteiger partial charge in [0.05, 0.1) is 5.92 Å². The molecule has 12 heavy (non-hydrogen) atoms. The number of carboxylic acids is 1. The summed E-state index contributed by atoms with van der Waals surface area (Å²) < 4.78 is 0. The molecule has 70 valence electrons. The van der Waals surface area contributed by atoms with E-state index in [9.17, 15) is 4.79 Å². The van der Waals surface area contributed by atoms with Crippen LogP contribution in [0.2, 0.25) is 0 Å². The fourth-order valence-electron chi connectivity index (χ4n) is 2.05. The first-order valence-corrected chi connectivity index (χ1v) is 4.96. The Morgan fingerprint density at radius 1 is 1.50 bits per heavy atom. The van der Waals surface area contributed by atoms with Gasteiger partial charge in [-0.1, -0.05) is 26.2 Å². The lowest BCUT2D eigenvalue weighted by atomic mass is 9.99. The van der Waals surface area contributed by atoms with Crippen molar-refractivity contribution in [2.24, 2.45) is 11.8 Å². The number of carboxylic acid groups (broad SMARTS) is 1. The predicted molar refractivity (Wildman–Crippen MR) is 48.0 cm³/mol. The van der Waals surface area contributed by atoms with Gasteiger partial charge in [0.15, 0.2) is 0 Å². The van der Waals surface area contributed by atoms with Crippen LogP contribution in [0.1, 0.15) is 45.4 Å². The first-order valence-electron chi connectivity index (χ1n) is 4.96. The second-order valence-electron chi connectivity index (χ2n) is 3.86. The molecule has 1 unspecified atom stereocenters. The second-order valence-corrected chi connectivity index (χ2v) is 3.86. The number of rotatable bonds is 4. The van der Waals surface area contributed by atoms with Gasteiger partial charge in [-0.05, 0) is 25.2 Å². The van der Waals surface area contributed by atoms with E-state index in [4.69, 9.17) is 5.11 Å². The van der Waals surface area contributed by atoms with E-state index in [-0.39, 0.29) is 5.92 Å². The molecule has 0 heterocycles. The minimum Gasteiger partial charge on any atom is -0.481 e. The van der Waals surface area contributed by atoms with Crippen LogP contribution in [-0.2, 0) is 4.79 Å². The average Bonchev–Trinajstić information content (AvgIpc) is 2.48. The molecule has 0 radical (unpaired) electrons. The third-order valence-electron chi connectivity index (χ3n) is 2.86. The Hall–Kier alpha value is -0.530. The van der Waals surface area contributed by atoms with Crippen molar-refractivity contribution in [2.75, 3.05) is 0 Å². The second kappa shape index (κ2) is 4.48. The molecule has 1 aliphatic rings. The maximum absolute atomic E-state index is 10.6. The lowest BCUT2D eigenvalue weighted by molar-refractivity contribution is -0.141. The normalized spacial score (nSPS) is 29.1. The van der Waals surface area contributed by atoms with E-state index in [1.807, 2.05) is 0 Å².